The summed E-state index contributed by atoms with van der Waals surface area (Å²) in [4.78, 5) is 40.4. The zero-order valence-corrected chi connectivity index (χ0v) is 16.9. The Morgan fingerprint density at radius 2 is 1.81 bits per heavy atom. The molecular formula is C23H22N4O4. The molecule has 2 aromatic heterocycles. The molecular weight excluding hydrogens is 396 g/mol. The Hall–Kier alpha value is -4.07. The third kappa shape index (κ3) is 4.13. The lowest BCUT2D eigenvalue weighted by Gasteiger charge is -2.16. The quantitative estimate of drug-likeness (QED) is 0.366. The first-order valence-corrected chi connectivity index (χ1v) is 9.79. The molecule has 0 saturated heterocycles. The number of primary amides is 1. The predicted molar refractivity (Wildman–Crippen MR) is 117 cm³/mol. The molecule has 4 aromatic rings. The van der Waals surface area contributed by atoms with Crippen molar-refractivity contribution in [3.63, 3.8) is 0 Å². The van der Waals surface area contributed by atoms with Gasteiger partial charge in [0, 0.05) is 46.5 Å². The van der Waals surface area contributed by atoms with Crippen LogP contribution in [0.4, 0.5) is 0 Å². The van der Waals surface area contributed by atoms with E-state index in [0.29, 0.717) is 34.5 Å². The van der Waals surface area contributed by atoms with E-state index < -0.39 is 11.8 Å². The van der Waals surface area contributed by atoms with E-state index in [4.69, 9.17) is 10.5 Å². The normalized spacial score (nSPS) is 12.0. The van der Waals surface area contributed by atoms with Crippen LogP contribution in [-0.4, -0.2) is 28.2 Å². The number of benzene rings is 2. The van der Waals surface area contributed by atoms with Crippen LogP contribution in [0.1, 0.15) is 34.7 Å². The lowest BCUT2D eigenvalue weighted by atomic mass is 9.87. The minimum Gasteiger partial charge on any atom is -0.497 e. The number of carbonyl (C=O) groups is 1. The highest BCUT2D eigenvalue weighted by atomic mass is 16.5. The fourth-order valence-electron chi connectivity index (χ4n) is 3.87. The maximum Gasteiger partial charge on any atom is 0.267 e. The zero-order chi connectivity index (χ0) is 22.0. The number of pyridine rings is 1. The number of amides is 1. The summed E-state index contributed by atoms with van der Waals surface area (Å²) in [5.74, 6) is -0.784. The standard InChI is InChI=1S/C23H22N4O4/c1-31-15-7-8-18-14(10-15)11-17(22(29)25-18)16(12-20(24)28)21-19(26-27-23(21)30)9-13-5-3-2-4-6-13/h2-8,10-11,16H,9,12H2,1H3,(H2,24,28)(H,25,29)(H2,26,27,30)/t16-/m1/s1. The number of carbonyl (C=O) groups excluding carboxylic acids is 1. The lowest BCUT2D eigenvalue weighted by Crippen LogP contribution is -2.26. The third-order valence-corrected chi connectivity index (χ3v) is 5.33. The highest BCUT2D eigenvalue weighted by molar-refractivity contribution is 5.81. The van der Waals surface area contributed by atoms with Gasteiger partial charge in [-0.2, -0.15) is 0 Å². The molecule has 8 heteroatoms. The van der Waals surface area contributed by atoms with Crippen molar-refractivity contribution in [1.29, 1.82) is 0 Å². The maximum absolute atomic E-state index is 12.9. The van der Waals surface area contributed by atoms with E-state index in [1.54, 1.807) is 31.4 Å². The first-order valence-electron chi connectivity index (χ1n) is 9.79. The van der Waals surface area contributed by atoms with Gasteiger partial charge in [0.15, 0.2) is 0 Å². The number of fused-ring (bicyclic) bond motifs is 1. The summed E-state index contributed by atoms with van der Waals surface area (Å²) < 4.78 is 5.27. The van der Waals surface area contributed by atoms with Crippen molar-refractivity contribution in [2.45, 2.75) is 18.8 Å². The minimum absolute atomic E-state index is 0.179. The van der Waals surface area contributed by atoms with Crippen LogP contribution in [0.25, 0.3) is 10.9 Å². The Labute approximate surface area is 177 Å². The van der Waals surface area contributed by atoms with Crippen LogP contribution in [-0.2, 0) is 11.2 Å². The summed E-state index contributed by atoms with van der Waals surface area (Å²) in [5.41, 5.74) is 7.57. The molecule has 0 aliphatic rings. The molecule has 0 spiro atoms. The number of ether oxygens (including phenoxy) is 1. The number of methoxy groups -OCH3 is 1. The van der Waals surface area contributed by atoms with Gasteiger partial charge in [0.1, 0.15) is 5.75 Å². The van der Waals surface area contributed by atoms with Crippen LogP contribution in [0.15, 0.2) is 64.2 Å². The Balaban J connectivity index is 1.87. The van der Waals surface area contributed by atoms with Gasteiger partial charge in [-0.3, -0.25) is 19.5 Å². The molecule has 5 N–H and O–H groups in total. The summed E-state index contributed by atoms with van der Waals surface area (Å²) in [6.45, 7) is 0. The van der Waals surface area contributed by atoms with Crippen molar-refractivity contribution in [2.24, 2.45) is 5.73 Å². The van der Waals surface area contributed by atoms with E-state index in [2.05, 4.69) is 15.2 Å². The lowest BCUT2D eigenvalue weighted by molar-refractivity contribution is -0.118. The van der Waals surface area contributed by atoms with Gasteiger partial charge >= 0.3 is 0 Å². The third-order valence-electron chi connectivity index (χ3n) is 5.33. The number of rotatable bonds is 7. The van der Waals surface area contributed by atoms with E-state index in [9.17, 15) is 14.4 Å². The first-order chi connectivity index (χ1) is 15.0. The predicted octanol–water partition coefficient (Wildman–Crippen LogP) is 2.15. The molecule has 0 fully saturated rings. The van der Waals surface area contributed by atoms with E-state index in [1.807, 2.05) is 30.3 Å². The Kier molecular flexibility index (Phi) is 5.44. The molecule has 0 aliphatic heterocycles. The van der Waals surface area contributed by atoms with Gasteiger partial charge in [-0.1, -0.05) is 30.3 Å². The number of nitrogens with one attached hydrogen (secondary N) is 3. The molecule has 2 aromatic carbocycles. The largest absolute Gasteiger partial charge is 0.497 e. The number of aromatic nitrogens is 3. The fourth-order valence-corrected chi connectivity index (χ4v) is 3.87. The van der Waals surface area contributed by atoms with Gasteiger partial charge in [0.2, 0.25) is 5.91 Å². The van der Waals surface area contributed by atoms with Crippen LogP contribution >= 0.6 is 0 Å². The molecule has 4 rings (SSSR count). The average molecular weight is 418 g/mol. The van der Waals surface area contributed by atoms with E-state index in [-0.39, 0.29) is 17.5 Å². The van der Waals surface area contributed by atoms with E-state index >= 15 is 0 Å². The Bertz CT molecular complexity index is 1350. The number of nitrogens with two attached hydrogens (primary N) is 1. The monoisotopic (exact) mass is 418 g/mol. The highest BCUT2D eigenvalue weighted by Crippen LogP contribution is 2.29. The average Bonchev–Trinajstić information content (AvgIpc) is 3.11. The van der Waals surface area contributed by atoms with Gasteiger partial charge in [0.05, 0.1) is 7.11 Å². The second kappa shape index (κ2) is 8.35. The second-order valence-electron chi connectivity index (χ2n) is 7.36. The Morgan fingerprint density at radius 1 is 1.03 bits per heavy atom. The summed E-state index contributed by atoms with van der Waals surface area (Å²) in [5, 5.41) is 6.21. The number of hydrogen-bond donors (Lipinski definition) is 4. The molecule has 31 heavy (non-hydrogen) atoms. The molecule has 0 aliphatic carbocycles. The maximum atomic E-state index is 12.9. The van der Waals surface area contributed by atoms with Gasteiger partial charge in [-0.15, -0.1) is 0 Å². The summed E-state index contributed by atoms with van der Waals surface area (Å²) in [6, 6.07) is 16.5. The summed E-state index contributed by atoms with van der Waals surface area (Å²) in [6.07, 6.45) is 0.255. The molecule has 0 radical (unpaired) electrons. The van der Waals surface area contributed by atoms with Gasteiger partial charge in [-0.25, -0.2) is 0 Å². The van der Waals surface area contributed by atoms with Crippen molar-refractivity contribution in [3.8, 4) is 5.75 Å². The number of H-pyrrole nitrogens is 3. The van der Waals surface area contributed by atoms with Crippen molar-refractivity contribution in [2.75, 3.05) is 7.11 Å². The van der Waals surface area contributed by atoms with Gasteiger partial charge < -0.3 is 20.6 Å². The first kappa shape index (κ1) is 20.2. The van der Waals surface area contributed by atoms with Crippen molar-refractivity contribution >= 4 is 16.8 Å². The van der Waals surface area contributed by atoms with Crippen LogP contribution < -0.4 is 21.6 Å². The van der Waals surface area contributed by atoms with Crippen LogP contribution in [0.3, 0.4) is 0 Å². The van der Waals surface area contributed by atoms with E-state index in [0.717, 1.165) is 10.9 Å². The van der Waals surface area contributed by atoms with Crippen LogP contribution in [0.2, 0.25) is 0 Å². The topological polar surface area (TPSA) is 134 Å². The van der Waals surface area contributed by atoms with Crippen molar-refractivity contribution in [1.82, 2.24) is 15.2 Å². The highest BCUT2D eigenvalue weighted by Gasteiger charge is 2.27. The van der Waals surface area contributed by atoms with Crippen LogP contribution in [0.5, 0.6) is 5.75 Å². The molecule has 1 amide bonds. The summed E-state index contributed by atoms with van der Waals surface area (Å²) >= 11 is 0. The molecule has 0 saturated carbocycles. The summed E-state index contributed by atoms with van der Waals surface area (Å²) in [7, 11) is 1.55. The molecule has 0 bridgehead atoms. The SMILES string of the molecule is COc1ccc2[nH]c(=O)c([C@@H](CC(N)=O)c3c(Cc4ccccc4)[nH][nH]c3=O)cc2c1. The molecule has 2 heterocycles. The number of hydrogen-bond acceptors (Lipinski definition) is 4. The van der Waals surface area contributed by atoms with Crippen molar-refractivity contribution < 1.29 is 9.53 Å². The van der Waals surface area contributed by atoms with Gasteiger partial charge in [0.25, 0.3) is 11.1 Å². The van der Waals surface area contributed by atoms with Gasteiger partial charge in [-0.05, 0) is 29.8 Å². The molecule has 0 unspecified atom stereocenters. The smallest absolute Gasteiger partial charge is 0.267 e. The molecule has 158 valence electrons. The number of aromatic amines is 3. The van der Waals surface area contributed by atoms with Crippen molar-refractivity contribution in [3.05, 3.63) is 97.7 Å². The Morgan fingerprint density at radius 3 is 2.52 bits per heavy atom. The minimum atomic E-state index is -0.800. The van der Waals surface area contributed by atoms with Crippen LogP contribution in [0, 0.1) is 0 Å². The molecule has 1 atom stereocenters. The van der Waals surface area contributed by atoms with E-state index in [1.165, 1.54) is 0 Å². The molecule has 8 nitrogen and oxygen atoms in total. The second-order valence-corrected chi connectivity index (χ2v) is 7.36. The fraction of sp³-hybridized carbons (Fsp3) is 0.174. The zero-order valence-electron chi connectivity index (χ0n) is 16.9.